The Balaban J connectivity index is 2.79. The lowest BCUT2D eigenvalue weighted by Crippen LogP contribution is -2.34. The smallest absolute Gasteiger partial charge is 0.342 e. The summed E-state index contributed by atoms with van der Waals surface area (Å²) in [5.41, 5.74) is -2.23. The fourth-order valence-electron chi connectivity index (χ4n) is 0.768. The number of nitrogens with one attached hydrogen (secondary N) is 3. The predicted molar refractivity (Wildman–Crippen MR) is 50.3 cm³/mol. The summed E-state index contributed by atoms with van der Waals surface area (Å²) in [6.45, 7) is 3.33. The minimum Gasteiger partial charge on any atom is -0.389 e. The zero-order valence-corrected chi connectivity index (χ0v) is 7.92. The molecule has 1 aromatic rings. The maximum atomic E-state index is 11.1. The van der Waals surface area contributed by atoms with Gasteiger partial charge in [-0.2, -0.15) is 0 Å². The van der Waals surface area contributed by atoms with Gasteiger partial charge in [0, 0.05) is 6.54 Å². The summed E-state index contributed by atoms with van der Waals surface area (Å²) < 4.78 is 0. The highest BCUT2D eigenvalue weighted by Crippen LogP contribution is 2.00. The average Bonchev–Trinajstić information content (AvgIpc) is 2.00. The third-order valence-corrected chi connectivity index (χ3v) is 1.40. The SMILES string of the molecule is CC(C)(O)CNc1n[nH]c(=O)[nH]c1=O. The maximum absolute atomic E-state index is 11.1. The van der Waals surface area contributed by atoms with Crippen molar-refractivity contribution in [3.05, 3.63) is 20.8 Å². The molecule has 0 bridgehead atoms. The molecule has 0 aliphatic rings. The number of aliphatic hydroxyl groups is 1. The van der Waals surface area contributed by atoms with Gasteiger partial charge < -0.3 is 10.4 Å². The molecule has 0 atom stereocenters. The Labute approximate surface area is 79.2 Å². The minimum atomic E-state index is -0.954. The number of aromatic amines is 2. The zero-order valence-electron chi connectivity index (χ0n) is 7.92. The van der Waals surface area contributed by atoms with E-state index in [4.69, 9.17) is 0 Å². The second kappa shape index (κ2) is 3.62. The van der Waals surface area contributed by atoms with Crippen LogP contribution in [-0.4, -0.2) is 32.4 Å². The Hall–Kier alpha value is -1.63. The molecule has 0 saturated carbocycles. The summed E-state index contributed by atoms with van der Waals surface area (Å²) in [5.74, 6) is -0.0216. The van der Waals surface area contributed by atoms with Gasteiger partial charge in [0.05, 0.1) is 5.60 Å². The van der Waals surface area contributed by atoms with Crippen LogP contribution in [-0.2, 0) is 0 Å². The van der Waals surface area contributed by atoms with E-state index in [1.54, 1.807) is 13.8 Å². The summed E-state index contributed by atoms with van der Waals surface area (Å²) in [5, 5.41) is 17.5. The molecule has 7 nitrogen and oxygen atoms in total. The lowest BCUT2D eigenvalue weighted by Gasteiger charge is -2.16. The molecule has 0 saturated heterocycles. The van der Waals surface area contributed by atoms with E-state index >= 15 is 0 Å². The van der Waals surface area contributed by atoms with E-state index < -0.39 is 16.9 Å². The van der Waals surface area contributed by atoms with Crippen molar-refractivity contribution < 1.29 is 5.11 Å². The van der Waals surface area contributed by atoms with Gasteiger partial charge in [0.1, 0.15) is 0 Å². The van der Waals surface area contributed by atoms with Crippen LogP contribution in [0, 0.1) is 0 Å². The van der Waals surface area contributed by atoms with Gasteiger partial charge in [-0.25, -0.2) is 9.89 Å². The van der Waals surface area contributed by atoms with Gasteiger partial charge in [-0.15, -0.1) is 5.10 Å². The van der Waals surface area contributed by atoms with Gasteiger partial charge in [-0.05, 0) is 13.8 Å². The molecule has 4 N–H and O–H groups in total. The van der Waals surface area contributed by atoms with E-state index in [2.05, 4.69) is 15.5 Å². The van der Waals surface area contributed by atoms with Crippen molar-refractivity contribution in [3.8, 4) is 0 Å². The van der Waals surface area contributed by atoms with Gasteiger partial charge in [0.15, 0.2) is 0 Å². The molecule has 0 unspecified atom stereocenters. The molecule has 1 heterocycles. The molecule has 0 spiro atoms. The molecule has 78 valence electrons. The number of hydrogen-bond donors (Lipinski definition) is 4. The van der Waals surface area contributed by atoms with Crippen molar-refractivity contribution >= 4 is 5.82 Å². The molecule has 0 amide bonds. The van der Waals surface area contributed by atoms with E-state index in [0.29, 0.717) is 0 Å². The van der Waals surface area contributed by atoms with Crippen LogP contribution < -0.4 is 16.6 Å². The average molecular weight is 200 g/mol. The highest BCUT2D eigenvalue weighted by Gasteiger charge is 2.13. The van der Waals surface area contributed by atoms with Crippen molar-refractivity contribution in [1.82, 2.24) is 15.2 Å². The molecule has 0 aromatic carbocycles. The normalized spacial score (nSPS) is 11.4. The van der Waals surface area contributed by atoms with E-state index in [9.17, 15) is 14.7 Å². The van der Waals surface area contributed by atoms with Crippen LogP contribution in [0.25, 0.3) is 0 Å². The molecular weight excluding hydrogens is 188 g/mol. The topological polar surface area (TPSA) is 111 Å². The largest absolute Gasteiger partial charge is 0.389 e. The van der Waals surface area contributed by atoms with Crippen LogP contribution in [0.2, 0.25) is 0 Å². The molecule has 1 aromatic heterocycles. The first-order valence-electron chi connectivity index (χ1n) is 4.04. The molecule has 0 fully saturated rings. The fraction of sp³-hybridized carbons (Fsp3) is 0.571. The molecule has 7 heteroatoms. The predicted octanol–water partition coefficient (Wildman–Crippen LogP) is -1.36. The molecular formula is C7H12N4O3. The Morgan fingerprint density at radius 1 is 1.50 bits per heavy atom. The van der Waals surface area contributed by atoms with Crippen molar-refractivity contribution in [2.45, 2.75) is 19.4 Å². The van der Waals surface area contributed by atoms with E-state index in [1.165, 1.54) is 0 Å². The highest BCUT2D eigenvalue weighted by molar-refractivity contribution is 5.29. The number of nitrogens with zero attached hydrogens (tertiary/aromatic N) is 1. The second-order valence-corrected chi connectivity index (χ2v) is 3.52. The van der Waals surface area contributed by atoms with Gasteiger partial charge in [0.2, 0.25) is 5.82 Å². The Morgan fingerprint density at radius 3 is 2.64 bits per heavy atom. The van der Waals surface area contributed by atoms with Gasteiger partial charge >= 0.3 is 5.69 Å². The van der Waals surface area contributed by atoms with Crippen LogP contribution in [0.1, 0.15) is 13.8 Å². The second-order valence-electron chi connectivity index (χ2n) is 3.52. The number of H-pyrrole nitrogens is 2. The quantitative estimate of drug-likeness (QED) is 0.481. The van der Waals surface area contributed by atoms with E-state index in [-0.39, 0.29) is 12.4 Å². The third kappa shape index (κ3) is 3.02. The fourth-order valence-corrected chi connectivity index (χ4v) is 0.768. The third-order valence-electron chi connectivity index (χ3n) is 1.40. The first-order chi connectivity index (χ1) is 6.38. The van der Waals surface area contributed by atoms with Crippen molar-refractivity contribution in [3.63, 3.8) is 0 Å². The van der Waals surface area contributed by atoms with E-state index in [1.807, 2.05) is 4.98 Å². The van der Waals surface area contributed by atoms with Crippen LogP contribution >= 0.6 is 0 Å². The molecule has 14 heavy (non-hydrogen) atoms. The number of rotatable bonds is 3. The standard InChI is InChI=1S/C7H12N4O3/c1-7(2,14)3-8-4-5(12)9-6(13)11-10-4/h14H,3H2,1-2H3,(H,8,10)(H2,9,11,12,13). The lowest BCUT2D eigenvalue weighted by atomic mass is 10.1. The van der Waals surface area contributed by atoms with Gasteiger partial charge in [0.25, 0.3) is 5.56 Å². The van der Waals surface area contributed by atoms with Crippen molar-refractivity contribution in [1.29, 1.82) is 0 Å². The number of aromatic nitrogens is 3. The molecule has 1 rings (SSSR count). The summed E-state index contributed by atoms with van der Waals surface area (Å²) in [6.07, 6.45) is 0. The molecule has 0 aliphatic heterocycles. The Morgan fingerprint density at radius 2 is 2.14 bits per heavy atom. The zero-order chi connectivity index (χ0) is 10.8. The van der Waals surface area contributed by atoms with Crippen LogP contribution in [0.5, 0.6) is 0 Å². The van der Waals surface area contributed by atoms with Crippen molar-refractivity contribution in [2.75, 3.05) is 11.9 Å². The van der Waals surface area contributed by atoms with Crippen LogP contribution in [0.15, 0.2) is 9.59 Å². The Bertz CT molecular complexity index is 414. The maximum Gasteiger partial charge on any atom is 0.342 e. The highest BCUT2D eigenvalue weighted by atomic mass is 16.3. The first-order valence-corrected chi connectivity index (χ1v) is 4.04. The minimum absolute atomic E-state index is 0.0216. The van der Waals surface area contributed by atoms with E-state index in [0.717, 1.165) is 0 Å². The van der Waals surface area contributed by atoms with Gasteiger partial charge in [-0.1, -0.05) is 0 Å². The lowest BCUT2D eigenvalue weighted by molar-refractivity contribution is 0.0944. The number of hydrogen-bond acceptors (Lipinski definition) is 5. The Kier molecular flexibility index (Phi) is 2.70. The van der Waals surface area contributed by atoms with Gasteiger partial charge in [-0.3, -0.25) is 9.78 Å². The van der Waals surface area contributed by atoms with Crippen LogP contribution in [0.3, 0.4) is 0 Å². The van der Waals surface area contributed by atoms with Crippen molar-refractivity contribution in [2.24, 2.45) is 0 Å². The molecule has 0 aliphatic carbocycles. The van der Waals surface area contributed by atoms with Crippen LogP contribution in [0.4, 0.5) is 5.82 Å². The summed E-state index contributed by atoms with van der Waals surface area (Å²) in [4.78, 5) is 23.7. The summed E-state index contributed by atoms with van der Waals surface area (Å²) >= 11 is 0. The first kappa shape index (κ1) is 10.5. The summed E-state index contributed by atoms with van der Waals surface area (Å²) in [6, 6.07) is 0. The number of anilines is 1. The summed E-state index contributed by atoms with van der Waals surface area (Å²) in [7, 11) is 0. The molecule has 0 radical (unpaired) electrons. The monoisotopic (exact) mass is 200 g/mol.